The highest BCUT2D eigenvalue weighted by Crippen LogP contribution is 2.34. The van der Waals surface area contributed by atoms with E-state index < -0.39 is 5.95 Å². The summed E-state index contributed by atoms with van der Waals surface area (Å²) < 4.78 is 13.2. The van der Waals surface area contributed by atoms with E-state index >= 15 is 0 Å². The summed E-state index contributed by atoms with van der Waals surface area (Å²) in [4.78, 5) is 12.6. The molecule has 2 fully saturated rings. The molecular weight excluding hydrogens is 267 g/mol. The molecule has 2 aliphatic rings. The SMILES string of the molecule is Fc1cncc(N2CC3CC2CN3Cc2ccccc2)n1. The van der Waals surface area contributed by atoms with Crippen molar-refractivity contribution in [2.75, 3.05) is 18.0 Å². The number of aromatic nitrogens is 2. The molecule has 0 spiro atoms. The Kier molecular flexibility index (Phi) is 3.07. The predicted octanol–water partition coefficient (Wildman–Crippen LogP) is 2.08. The van der Waals surface area contributed by atoms with Crippen LogP contribution in [0, 0.1) is 5.95 Å². The topological polar surface area (TPSA) is 32.3 Å². The van der Waals surface area contributed by atoms with Crippen LogP contribution in [0.1, 0.15) is 12.0 Å². The van der Waals surface area contributed by atoms with Crippen molar-refractivity contribution in [3.63, 3.8) is 0 Å². The summed E-state index contributed by atoms with van der Waals surface area (Å²) in [7, 11) is 0. The Bertz CT molecular complexity index is 633. The summed E-state index contributed by atoms with van der Waals surface area (Å²) in [6, 6.07) is 11.5. The van der Waals surface area contributed by atoms with E-state index in [1.54, 1.807) is 6.20 Å². The number of halogens is 1. The molecule has 2 atom stereocenters. The highest BCUT2D eigenvalue weighted by atomic mass is 19.1. The normalized spacial score (nSPS) is 24.7. The molecule has 2 aromatic rings. The molecule has 3 heterocycles. The lowest BCUT2D eigenvalue weighted by molar-refractivity contribution is 0.230. The lowest BCUT2D eigenvalue weighted by Gasteiger charge is -2.34. The number of hydrogen-bond donors (Lipinski definition) is 0. The summed E-state index contributed by atoms with van der Waals surface area (Å²) in [5, 5.41) is 0. The second-order valence-electron chi connectivity index (χ2n) is 5.81. The minimum atomic E-state index is -0.503. The Morgan fingerprint density at radius 3 is 2.67 bits per heavy atom. The van der Waals surface area contributed by atoms with Gasteiger partial charge in [0.25, 0.3) is 0 Å². The smallest absolute Gasteiger partial charge is 0.233 e. The van der Waals surface area contributed by atoms with Crippen LogP contribution >= 0.6 is 0 Å². The Labute approximate surface area is 123 Å². The van der Waals surface area contributed by atoms with Gasteiger partial charge in [-0.15, -0.1) is 0 Å². The molecule has 1 aromatic heterocycles. The lowest BCUT2D eigenvalue weighted by atomic mass is 10.2. The summed E-state index contributed by atoms with van der Waals surface area (Å²) in [5.41, 5.74) is 1.35. The molecule has 4 nitrogen and oxygen atoms in total. The number of hydrogen-bond acceptors (Lipinski definition) is 4. The van der Waals surface area contributed by atoms with Crippen molar-refractivity contribution in [2.24, 2.45) is 0 Å². The van der Waals surface area contributed by atoms with Gasteiger partial charge in [0.15, 0.2) is 5.82 Å². The molecule has 2 bridgehead atoms. The van der Waals surface area contributed by atoms with Crippen LogP contribution in [-0.4, -0.2) is 40.0 Å². The molecule has 0 radical (unpaired) electrons. The van der Waals surface area contributed by atoms with Gasteiger partial charge in [-0.2, -0.15) is 9.37 Å². The zero-order valence-electron chi connectivity index (χ0n) is 11.7. The van der Waals surface area contributed by atoms with E-state index in [1.807, 2.05) is 6.07 Å². The fourth-order valence-electron chi connectivity index (χ4n) is 3.51. The van der Waals surface area contributed by atoms with Crippen LogP contribution in [0.15, 0.2) is 42.7 Å². The quantitative estimate of drug-likeness (QED) is 0.864. The Hall–Kier alpha value is -2.01. The predicted molar refractivity (Wildman–Crippen MR) is 78.4 cm³/mol. The highest BCUT2D eigenvalue weighted by molar-refractivity contribution is 5.41. The summed E-state index contributed by atoms with van der Waals surface area (Å²) in [5.74, 6) is 0.165. The minimum Gasteiger partial charge on any atom is -0.349 e. The summed E-state index contributed by atoms with van der Waals surface area (Å²) in [6.07, 6.45) is 3.94. The first-order chi connectivity index (χ1) is 10.3. The molecule has 0 saturated carbocycles. The number of benzene rings is 1. The molecule has 21 heavy (non-hydrogen) atoms. The van der Waals surface area contributed by atoms with Gasteiger partial charge >= 0.3 is 0 Å². The first-order valence-corrected chi connectivity index (χ1v) is 7.32. The molecule has 4 rings (SSSR count). The van der Waals surface area contributed by atoms with Gasteiger partial charge in [0.2, 0.25) is 5.95 Å². The zero-order valence-corrected chi connectivity index (χ0v) is 11.7. The first-order valence-electron chi connectivity index (χ1n) is 7.32. The Morgan fingerprint density at radius 1 is 1.10 bits per heavy atom. The maximum atomic E-state index is 13.2. The van der Waals surface area contributed by atoms with Gasteiger partial charge in [-0.05, 0) is 12.0 Å². The van der Waals surface area contributed by atoms with E-state index in [2.05, 4.69) is 44.0 Å². The third-order valence-corrected chi connectivity index (χ3v) is 4.47. The van der Waals surface area contributed by atoms with E-state index in [0.29, 0.717) is 17.9 Å². The van der Waals surface area contributed by atoms with Gasteiger partial charge in [0, 0.05) is 31.7 Å². The van der Waals surface area contributed by atoms with Crippen molar-refractivity contribution in [2.45, 2.75) is 25.0 Å². The molecule has 5 heteroatoms. The molecule has 2 saturated heterocycles. The third kappa shape index (κ3) is 2.38. The standard InChI is InChI=1S/C16H17FN4/c17-15-7-18-8-16(19-15)21-11-13-6-14(21)10-20(13)9-12-4-2-1-3-5-12/h1-5,7-8,13-14H,6,9-11H2. The number of nitrogens with zero attached hydrogens (tertiary/aromatic N) is 4. The van der Waals surface area contributed by atoms with Gasteiger partial charge in [-0.3, -0.25) is 9.88 Å². The number of anilines is 1. The highest BCUT2D eigenvalue weighted by Gasteiger charge is 2.43. The van der Waals surface area contributed by atoms with Crippen molar-refractivity contribution in [1.29, 1.82) is 0 Å². The average Bonchev–Trinajstić information content (AvgIpc) is 3.08. The van der Waals surface area contributed by atoms with Gasteiger partial charge in [-0.1, -0.05) is 30.3 Å². The van der Waals surface area contributed by atoms with E-state index in [4.69, 9.17) is 0 Å². The fraction of sp³-hybridized carbons (Fsp3) is 0.375. The molecule has 0 aliphatic carbocycles. The van der Waals surface area contributed by atoms with Crippen molar-refractivity contribution < 1.29 is 4.39 Å². The fourth-order valence-corrected chi connectivity index (χ4v) is 3.51. The molecular formula is C16H17FN4. The van der Waals surface area contributed by atoms with Gasteiger partial charge in [-0.25, -0.2) is 0 Å². The summed E-state index contributed by atoms with van der Waals surface area (Å²) >= 11 is 0. The van der Waals surface area contributed by atoms with Gasteiger partial charge < -0.3 is 4.90 Å². The largest absolute Gasteiger partial charge is 0.349 e. The molecule has 0 N–H and O–H groups in total. The van der Waals surface area contributed by atoms with Crippen LogP contribution in [0.25, 0.3) is 0 Å². The van der Waals surface area contributed by atoms with Crippen LogP contribution < -0.4 is 4.90 Å². The zero-order chi connectivity index (χ0) is 14.2. The number of rotatable bonds is 3. The molecule has 2 aliphatic heterocycles. The van der Waals surface area contributed by atoms with Crippen LogP contribution in [0.4, 0.5) is 10.2 Å². The Morgan fingerprint density at radius 2 is 1.95 bits per heavy atom. The van der Waals surface area contributed by atoms with Gasteiger partial charge in [0.1, 0.15) is 0 Å². The number of fused-ring (bicyclic) bond motifs is 2. The maximum absolute atomic E-state index is 13.2. The van der Waals surface area contributed by atoms with Crippen molar-refractivity contribution in [3.05, 3.63) is 54.2 Å². The van der Waals surface area contributed by atoms with E-state index in [0.717, 1.165) is 32.3 Å². The monoisotopic (exact) mass is 284 g/mol. The third-order valence-electron chi connectivity index (χ3n) is 4.47. The van der Waals surface area contributed by atoms with E-state index in [1.165, 1.54) is 5.56 Å². The molecule has 108 valence electrons. The molecule has 2 unspecified atom stereocenters. The summed E-state index contributed by atoms with van der Waals surface area (Å²) in [6.45, 7) is 2.91. The second-order valence-corrected chi connectivity index (χ2v) is 5.81. The molecule has 1 aromatic carbocycles. The minimum absolute atomic E-state index is 0.426. The van der Waals surface area contributed by atoms with E-state index in [9.17, 15) is 4.39 Å². The van der Waals surface area contributed by atoms with Crippen molar-refractivity contribution in [1.82, 2.24) is 14.9 Å². The Balaban J connectivity index is 1.46. The number of piperazine rings is 1. The van der Waals surface area contributed by atoms with Crippen LogP contribution in [0.5, 0.6) is 0 Å². The molecule has 0 amide bonds. The van der Waals surface area contributed by atoms with Gasteiger partial charge in [0.05, 0.1) is 12.4 Å². The van der Waals surface area contributed by atoms with Crippen molar-refractivity contribution in [3.8, 4) is 0 Å². The van der Waals surface area contributed by atoms with Crippen LogP contribution in [-0.2, 0) is 6.54 Å². The average molecular weight is 284 g/mol. The number of likely N-dealkylation sites (tertiary alicyclic amines) is 1. The second kappa shape index (κ2) is 5.07. The first kappa shape index (κ1) is 12.7. The van der Waals surface area contributed by atoms with Crippen molar-refractivity contribution >= 4 is 5.82 Å². The van der Waals surface area contributed by atoms with E-state index in [-0.39, 0.29) is 0 Å². The lowest BCUT2D eigenvalue weighted by Crippen LogP contribution is -2.46. The maximum Gasteiger partial charge on any atom is 0.233 e. The van der Waals surface area contributed by atoms with Crippen LogP contribution in [0.2, 0.25) is 0 Å². The van der Waals surface area contributed by atoms with Crippen LogP contribution in [0.3, 0.4) is 0 Å².